The number of hydrogen-bond acceptors (Lipinski definition) is 4. The molecule has 14 heavy (non-hydrogen) atoms. The van der Waals surface area contributed by atoms with Crippen molar-refractivity contribution in [1.82, 2.24) is 9.78 Å². The van der Waals surface area contributed by atoms with Crippen molar-refractivity contribution in [2.75, 3.05) is 7.11 Å². The predicted molar refractivity (Wildman–Crippen MR) is 49.0 cm³/mol. The average Bonchev–Trinajstić information content (AvgIpc) is 2.51. The molecule has 1 unspecified atom stereocenters. The maximum absolute atomic E-state index is 10.7. The van der Waals surface area contributed by atoms with Crippen molar-refractivity contribution in [3.05, 3.63) is 12.4 Å². The van der Waals surface area contributed by atoms with Gasteiger partial charge in [0.2, 0.25) is 0 Å². The standard InChI is InChI=1S/C8H13N3O3/c1-8(9,7(12)13)5-11-4-6(14-2)3-10-11/h3-4H,5,9H2,1-2H3,(H,12,13). The largest absolute Gasteiger partial charge is 0.493 e. The number of rotatable bonds is 4. The van der Waals surface area contributed by atoms with Crippen molar-refractivity contribution in [3.63, 3.8) is 0 Å². The second-order valence-electron chi connectivity index (χ2n) is 3.30. The van der Waals surface area contributed by atoms with Crippen LogP contribution in [0.25, 0.3) is 0 Å². The molecule has 0 aliphatic carbocycles. The van der Waals surface area contributed by atoms with Crippen LogP contribution in [0.15, 0.2) is 12.4 Å². The highest BCUT2D eigenvalue weighted by Gasteiger charge is 2.28. The Labute approximate surface area is 81.3 Å². The summed E-state index contributed by atoms with van der Waals surface area (Å²) in [5, 5.41) is 12.7. The van der Waals surface area contributed by atoms with Crippen molar-refractivity contribution in [2.45, 2.75) is 19.0 Å². The first kappa shape index (κ1) is 10.5. The van der Waals surface area contributed by atoms with E-state index in [-0.39, 0.29) is 6.54 Å². The van der Waals surface area contributed by atoms with Crippen LogP contribution in [0.4, 0.5) is 0 Å². The van der Waals surface area contributed by atoms with E-state index in [2.05, 4.69) is 5.10 Å². The van der Waals surface area contributed by atoms with E-state index in [1.807, 2.05) is 0 Å². The van der Waals surface area contributed by atoms with Crippen molar-refractivity contribution in [2.24, 2.45) is 5.73 Å². The van der Waals surface area contributed by atoms with Crippen LogP contribution in [0, 0.1) is 0 Å². The molecular weight excluding hydrogens is 186 g/mol. The Morgan fingerprint density at radius 3 is 2.93 bits per heavy atom. The molecule has 0 aromatic carbocycles. The van der Waals surface area contributed by atoms with Gasteiger partial charge in [0, 0.05) is 0 Å². The molecule has 1 aromatic rings. The Bertz CT molecular complexity index is 332. The highest BCUT2D eigenvalue weighted by atomic mass is 16.5. The van der Waals surface area contributed by atoms with Crippen LogP contribution in [0.5, 0.6) is 5.75 Å². The Balaban J connectivity index is 2.73. The van der Waals surface area contributed by atoms with E-state index in [1.165, 1.54) is 24.9 Å². The molecule has 0 fully saturated rings. The van der Waals surface area contributed by atoms with E-state index in [1.54, 1.807) is 6.20 Å². The first-order valence-electron chi connectivity index (χ1n) is 4.04. The molecule has 0 spiro atoms. The maximum atomic E-state index is 10.7. The number of carboxylic acids is 1. The van der Waals surface area contributed by atoms with E-state index < -0.39 is 11.5 Å². The topological polar surface area (TPSA) is 90.4 Å². The molecule has 0 saturated carbocycles. The van der Waals surface area contributed by atoms with Crippen LogP contribution in [0.1, 0.15) is 6.92 Å². The van der Waals surface area contributed by atoms with Crippen LogP contribution in [-0.2, 0) is 11.3 Å². The number of methoxy groups -OCH3 is 1. The average molecular weight is 199 g/mol. The van der Waals surface area contributed by atoms with Crippen LogP contribution < -0.4 is 10.5 Å². The van der Waals surface area contributed by atoms with Gasteiger partial charge in [0.15, 0.2) is 5.75 Å². The summed E-state index contributed by atoms with van der Waals surface area (Å²) in [6.07, 6.45) is 3.09. The van der Waals surface area contributed by atoms with Crippen molar-refractivity contribution < 1.29 is 14.6 Å². The van der Waals surface area contributed by atoms with E-state index in [0.717, 1.165) is 0 Å². The SMILES string of the molecule is COc1cnn(CC(C)(N)C(=O)O)c1. The molecular formula is C8H13N3O3. The summed E-state index contributed by atoms with van der Waals surface area (Å²) in [5.74, 6) is -0.488. The van der Waals surface area contributed by atoms with Gasteiger partial charge in [0.05, 0.1) is 26.0 Å². The number of nitrogens with two attached hydrogens (primary N) is 1. The number of carboxylic acid groups (broad SMARTS) is 1. The molecule has 1 heterocycles. The van der Waals surface area contributed by atoms with Gasteiger partial charge in [-0.05, 0) is 6.92 Å². The normalized spacial score (nSPS) is 14.8. The summed E-state index contributed by atoms with van der Waals surface area (Å²) >= 11 is 0. The maximum Gasteiger partial charge on any atom is 0.325 e. The van der Waals surface area contributed by atoms with Gasteiger partial charge in [-0.15, -0.1) is 0 Å². The number of ether oxygens (including phenoxy) is 1. The molecule has 1 rings (SSSR count). The van der Waals surface area contributed by atoms with E-state index in [0.29, 0.717) is 5.75 Å². The van der Waals surface area contributed by atoms with Crippen LogP contribution in [-0.4, -0.2) is 33.5 Å². The van der Waals surface area contributed by atoms with E-state index in [9.17, 15) is 4.79 Å². The molecule has 6 nitrogen and oxygen atoms in total. The summed E-state index contributed by atoms with van der Waals surface area (Å²) in [5.41, 5.74) is 4.22. The summed E-state index contributed by atoms with van der Waals surface area (Å²) in [6.45, 7) is 1.54. The first-order chi connectivity index (χ1) is 6.45. The molecule has 0 aliphatic rings. The van der Waals surface area contributed by atoms with Gasteiger partial charge < -0.3 is 15.6 Å². The van der Waals surface area contributed by atoms with E-state index in [4.69, 9.17) is 15.6 Å². The van der Waals surface area contributed by atoms with Gasteiger partial charge in [0.1, 0.15) is 5.54 Å². The molecule has 0 amide bonds. The van der Waals surface area contributed by atoms with Gasteiger partial charge in [-0.25, -0.2) is 0 Å². The number of carbonyl (C=O) groups is 1. The van der Waals surface area contributed by atoms with Gasteiger partial charge in [-0.1, -0.05) is 0 Å². The molecule has 78 valence electrons. The molecule has 6 heteroatoms. The zero-order valence-corrected chi connectivity index (χ0v) is 8.10. The van der Waals surface area contributed by atoms with Gasteiger partial charge >= 0.3 is 5.97 Å². The third-order valence-electron chi connectivity index (χ3n) is 1.82. The highest BCUT2D eigenvalue weighted by Crippen LogP contribution is 2.10. The summed E-state index contributed by atoms with van der Waals surface area (Å²) < 4.78 is 6.34. The quantitative estimate of drug-likeness (QED) is 0.694. The van der Waals surface area contributed by atoms with Crippen molar-refractivity contribution in [1.29, 1.82) is 0 Å². The monoisotopic (exact) mass is 199 g/mol. The number of nitrogens with zero attached hydrogens (tertiary/aromatic N) is 2. The predicted octanol–water partition coefficient (Wildman–Crippen LogP) is -0.306. The molecule has 1 aromatic heterocycles. The van der Waals surface area contributed by atoms with Gasteiger partial charge in [0.25, 0.3) is 0 Å². The van der Waals surface area contributed by atoms with Gasteiger partial charge in [-0.3, -0.25) is 9.48 Å². The minimum atomic E-state index is -1.32. The zero-order valence-electron chi connectivity index (χ0n) is 8.10. The Morgan fingerprint density at radius 2 is 2.50 bits per heavy atom. The summed E-state index contributed by atoms with van der Waals surface area (Å²) in [6, 6.07) is 0. The fourth-order valence-corrected chi connectivity index (χ4v) is 0.941. The molecule has 0 aliphatic heterocycles. The number of aliphatic carboxylic acids is 1. The lowest BCUT2D eigenvalue weighted by atomic mass is 10.1. The molecule has 0 bridgehead atoms. The number of hydrogen-bond donors (Lipinski definition) is 2. The Hall–Kier alpha value is -1.56. The molecule has 0 saturated heterocycles. The molecule has 3 N–H and O–H groups in total. The third-order valence-corrected chi connectivity index (χ3v) is 1.82. The van der Waals surface area contributed by atoms with Crippen molar-refractivity contribution >= 4 is 5.97 Å². The zero-order chi connectivity index (χ0) is 10.8. The fourth-order valence-electron chi connectivity index (χ4n) is 0.941. The van der Waals surface area contributed by atoms with Gasteiger partial charge in [-0.2, -0.15) is 5.10 Å². The highest BCUT2D eigenvalue weighted by molar-refractivity contribution is 5.77. The Morgan fingerprint density at radius 1 is 1.86 bits per heavy atom. The second kappa shape index (κ2) is 3.67. The van der Waals surface area contributed by atoms with Crippen LogP contribution in [0.3, 0.4) is 0 Å². The first-order valence-corrected chi connectivity index (χ1v) is 4.04. The number of aromatic nitrogens is 2. The summed E-state index contributed by atoms with van der Waals surface area (Å²) in [4.78, 5) is 10.7. The Kier molecular flexibility index (Phi) is 2.76. The molecule has 0 radical (unpaired) electrons. The van der Waals surface area contributed by atoms with Crippen LogP contribution >= 0.6 is 0 Å². The van der Waals surface area contributed by atoms with Crippen LogP contribution in [0.2, 0.25) is 0 Å². The fraction of sp³-hybridized carbons (Fsp3) is 0.500. The second-order valence-corrected chi connectivity index (χ2v) is 3.30. The minimum absolute atomic E-state index is 0.103. The van der Waals surface area contributed by atoms with Crippen molar-refractivity contribution in [3.8, 4) is 5.75 Å². The minimum Gasteiger partial charge on any atom is -0.493 e. The summed E-state index contributed by atoms with van der Waals surface area (Å²) in [7, 11) is 1.51. The third kappa shape index (κ3) is 2.23. The lowest BCUT2D eigenvalue weighted by Gasteiger charge is -2.18. The smallest absolute Gasteiger partial charge is 0.325 e. The molecule has 1 atom stereocenters. The lowest BCUT2D eigenvalue weighted by molar-refractivity contribution is -0.143. The lowest BCUT2D eigenvalue weighted by Crippen LogP contribution is -2.48. The van der Waals surface area contributed by atoms with E-state index >= 15 is 0 Å².